The fourth-order valence-electron chi connectivity index (χ4n) is 2.05. The molecule has 0 atom stereocenters. The Balaban J connectivity index is 2.29. The minimum atomic E-state index is -0.747. The third-order valence-corrected chi connectivity index (χ3v) is 3.52. The lowest BCUT2D eigenvalue weighted by Crippen LogP contribution is -2.09. The Hall–Kier alpha value is -3.30. The molecule has 6 nitrogen and oxygen atoms in total. The largest absolute Gasteiger partial charge is 0.493 e. The first-order valence-corrected chi connectivity index (χ1v) is 7.72. The highest BCUT2D eigenvalue weighted by molar-refractivity contribution is 6.30. The zero-order chi connectivity index (χ0) is 19.1. The first kappa shape index (κ1) is 19.0. The zero-order valence-electron chi connectivity index (χ0n) is 14.0. The molecule has 2 aromatic carbocycles. The molecule has 0 saturated carbocycles. The standard InChI is InChI=1S/C19H14ClNO5/c1-24-17-9-12(8-14(11-21)18(22)25-2)6-7-16(17)26-19(23)13-4-3-5-15(20)10-13/h3-10H,1-2H3/b14-8+. The van der Waals surface area contributed by atoms with Gasteiger partial charge in [0.1, 0.15) is 11.6 Å². The minimum absolute atomic E-state index is 0.168. The molecule has 0 amide bonds. The smallest absolute Gasteiger partial charge is 0.348 e. The van der Waals surface area contributed by atoms with E-state index in [1.54, 1.807) is 30.3 Å². The number of nitriles is 1. The molecule has 0 heterocycles. The lowest BCUT2D eigenvalue weighted by molar-refractivity contribution is -0.135. The van der Waals surface area contributed by atoms with Gasteiger partial charge in [0.05, 0.1) is 19.8 Å². The lowest BCUT2D eigenvalue weighted by Gasteiger charge is -2.10. The highest BCUT2D eigenvalue weighted by Gasteiger charge is 2.14. The normalized spacial score (nSPS) is 10.6. The summed E-state index contributed by atoms with van der Waals surface area (Å²) in [7, 11) is 2.59. The number of hydrogen-bond donors (Lipinski definition) is 0. The van der Waals surface area contributed by atoms with Crippen molar-refractivity contribution in [1.82, 2.24) is 0 Å². The topological polar surface area (TPSA) is 85.6 Å². The van der Waals surface area contributed by atoms with E-state index in [1.807, 2.05) is 0 Å². The van der Waals surface area contributed by atoms with Crippen LogP contribution in [0.1, 0.15) is 15.9 Å². The van der Waals surface area contributed by atoms with Crippen LogP contribution in [0, 0.1) is 11.3 Å². The highest BCUT2D eigenvalue weighted by atomic mass is 35.5. The second-order valence-corrected chi connectivity index (χ2v) is 5.41. The van der Waals surface area contributed by atoms with Gasteiger partial charge >= 0.3 is 11.9 Å². The van der Waals surface area contributed by atoms with E-state index in [1.165, 1.54) is 38.5 Å². The zero-order valence-corrected chi connectivity index (χ0v) is 14.7. The van der Waals surface area contributed by atoms with Gasteiger partial charge in [-0.2, -0.15) is 5.26 Å². The number of carbonyl (C=O) groups excluding carboxylic acids is 2. The number of hydrogen-bond acceptors (Lipinski definition) is 6. The third kappa shape index (κ3) is 4.62. The molecule has 0 saturated heterocycles. The van der Waals surface area contributed by atoms with Crippen molar-refractivity contribution >= 4 is 29.6 Å². The maximum absolute atomic E-state index is 12.2. The molecule has 0 aromatic heterocycles. The summed E-state index contributed by atoms with van der Waals surface area (Å²) in [5.74, 6) is -0.897. The molecule has 0 fully saturated rings. The van der Waals surface area contributed by atoms with Crippen LogP contribution < -0.4 is 9.47 Å². The quantitative estimate of drug-likeness (QED) is 0.345. The van der Waals surface area contributed by atoms with E-state index in [0.717, 1.165) is 0 Å². The van der Waals surface area contributed by atoms with Crippen LogP contribution in [-0.4, -0.2) is 26.2 Å². The van der Waals surface area contributed by atoms with Crippen molar-refractivity contribution in [3.8, 4) is 17.6 Å². The molecule has 0 unspecified atom stereocenters. The Morgan fingerprint density at radius 1 is 1.12 bits per heavy atom. The minimum Gasteiger partial charge on any atom is -0.493 e. The van der Waals surface area contributed by atoms with Crippen LogP contribution in [0.3, 0.4) is 0 Å². The third-order valence-electron chi connectivity index (χ3n) is 3.29. The molecule has 0 N–H and O–H groups in total. The van der Waals surface area contributed by atoms with E-state index >= 15 is 0 Å². The van der Waals surface area contributed by atoms with Crippen molar-refractivity contribution in [1.29, 1.82) is 5.26 Å². The van der Waals surface area contributed by atoms with E-state index in [0.29, 0.717) is 16.1 Å². The van der Waals surface area contributed by atoms with Crippen molar-refractivity contribution in [2.24, 2.45) is 0 Å². The van der Waals surface area contributed by atoms with Crippen molar-refractivity contribution in [2.45, 2.75) is 0 Å². The van der Waals surface area contributed by atoms with Gasteiger partial charge in [-0.1, -0.05) is 23.7 Å². The van der Waals surface area contributed by atoms with Gasteiger partial charge < -0.3 is 14.2 Å². The molecular weight excluding hydrogens is 358 g/mol. The Labute approximate surface area is 155 Å². The SMILES string of the molecule is COC(=O)/C(C#N)=C/c1ccc(OC(=O)c2cccc(Cl)c2)c(OC)c1. The van der Waals surface area contributed by atoms with Gasteiger partial charge in [0.2, 0.25) is 0 Å². The van der Waals surface area contributed by atoms with Crippen LogP contribution in [0.25, 0.3) is 6.08 Å². The van der Waals surface area contributed by atoms with Crippen molar-refractivity contribution < 1.29 is 23.8 Å². The molecule has 0 radical (unpaired) electrons. The molecule has 132 valence electrons. The van der Waals surface area contributed by atoms with Gasteiger partial charge in [-0.25, -0.2) is 9.59 Å². The summed E-state index contributed by atoms with van der Waals surface area (Å²) in [6.07, 6.45) is 1.34. The number of ether oxygens (including phenoxy) is 3. The fraction of sp³-hybridized carbons (Fsp3) is 0.105. The molecule has 7 heteroatoms. The first-order chi connectivity index (χ1) is 12.5. The predicted octanol–water partition coefficient (Wildman–Crippen LogP) is 3.65. The number of nitrogens with zero attached hydrogens (tertiary/aromatic N) is 1. The molecular formula is C19H14ClNO5. The van der Waals surface area contributed by atoms with E-state index in [2.05, 4.69) is 4.74 Å². The average Bonchev–Trinajstić information content (AvgIpc) is 2.66. The maximum atomic E-state index is 12.2. The Bertz CT molecular complexity index is 914. The first-order valence-electron chi connectivity index (χ1n) is 7.34. The maximum Gasteiger partial charge on any atom is 0.348 e. The molecule has 0 bridgehead atoms. The Morgan fingerprint density at radius 2 is 1.88 bits per heavy atom. The van der Waals surface area contributed by atoms with Gasteiger partial charge in [-0.15, -0.1) is 0 Å². The van der Waals surface area contributed by atoms with Crippen LogP contribution >= 0.6 is 11.6 Å². The van der Waals surface area contributed by atoms with Crippen molar-refractivity contribution in [3.05, 3.63) is 64.2 Å². The Morgan fingerprint density at radius 3 is 2.50 bits per heavy atom. The Kier molecular flexibility index (Phi) is 6.36. The van der Waals surface area contributed by atoms with Crippen LogP contribution in [0.4, 0.5) is 0 Å². The summed E-state index contributed by atoms with van der Waals surface area (Å²) < 4.78 is 15.1. The molecule has 2 rings (SSSR count). The van der Waals surface area contributed by atoms with Gasteiger partial charge in [0.15, 0.2) is 11.5 Å². The van der Waals surface area contributed by atoms with Gasteiger partial charge in [0.25, 0.3) is 0 Å². The second-order valence-electron chi connectivity index (χ2n) is 4.97. The van der Waals surface area contributed by atoms with Gasteiger partial charge in [-0.3, -0.25) is 0 Å². The van der Waals surface area contributed by atoms with Crippen molar-refractivity contribution in [3.63, 3.8) is 0 Å². The van der Waals surface area contributed by atoms with Gasteiger partial charge in [-0.05, 0) is 42.0 Å². The molecule has 0 aliphatic carbocycles. The van der Waals surface area contributed by atoms with Crippen LogP contribution in [0.15, 0.2) is 48.0 Å². The molecule has 2 aromatic rings. The number of rotatable bonds is 5. The summed E-state index contributed by atoms with van der Waals surface area (Å²) in [5, 5.41) is 9.42. The van der Waals surface area contributed by atoms with Crippen LogP contribution in [0.2, 0.25) is 5.02 Å². The van der Waals surface area contributed by atoms with E-state index in [-0.39, 0.29) is 17.1 Å². The van der Waals surface area contributed by atoms with E-state index in [9.17, 15) is 9.59 Å². The monoisotopic (exact) mass is 371 g/mol. The molecule has 26 heavy (non-hydrogen) atoms. The number of halogens is 1. The van der Waals surface area contributed by atoms with E-state index < -0.39 is 11.9 Å². The van der Waals surface area contributed by atoms with Crippen molar-refractivity contribution in [2.75, 3.05) is 14.2 Å². The number of benzene rings is 2. The lowest BCUT2D eigenvalue weighted by atomic mass is 10.1. The summed E-state index contributed by atoms with van der Waals surface area (Å²) in [5.41, 5.74) is 0.630. The number of esters is 2. The van der Waals surface area contributed by atoms with E-state index in [4.69, 9.17) is 26.3 Å². The second kappa shape index (κ2) is 8.70. The number of carbonyl (C=O) groups is 2. The summed E-state index contributed by atoms with van der Waals surface area (Å²) in [6.45, 7) is 0. The summed E-state index contributed by atoms with van der Waals surface area (Å²) >= 11 is 5.87. The highest BCUT2D eigenvalue weighted by Crippen LogP contribution is 2.30. The van der Waals surface area contributed by atoms with Crippen LogP contribution in [0.5, 0.6) is 11.5 Å². The fourth-order valence-corrected chi connectivity index (χ4v) is 2.24. The average molecular weight is 372 g/mol. The van der Waals surface area contributed by atoms with Crippen LogP contribution in [-0.2, 0) is 9.53 Å². The van der Waals surface area contributed by atoms with Gasteiger partial charge in [0, 0.05) is 5.02 Å². The number of methoxy groups -OCH3 is 2. The molecule has 0 aliphatic rings. The summed E-state index contributed by atoms with van der Waals surface area (Å²) in [6, 6.07) is 12.7. The predicted molar refractivity (Wildman–Crippen MR) is 95.0 cm³/mol. The summed E-state index contributed by atoms with van der Waals surface area (Å²) in [4.78, 5) is 23.7. The molecule has 0 aliphatic heterocycles. The molecule has 0 spiro atoms.